The van der Waals surface area contributed by atoms with Gasteiger partial charge in [0.05, 0.1) is 16.9 Å². The van der Waals surface area contributed by atoms with Crippen molar-refractivity contribution in [2.24, 2.45) is 0 Å². The third-order valence-electron chi connectivity index (χ3n) is 4.78. The number of hydrogen-bond donors (Lipinski definition) is 1. The number of nitrogens with zero attached hydrogens (tertiary/aromatic N) is 2. The zero-order valence-corrected chi connectivity index (χ0v) is 15.1. The molecule has 1 N–H and O–H groups in total. The van der Waals surface area contributed by atoms with Crippen LogP contribution in [0.5, 0.6) is 0 Å². The molecular weight excluding hydrogens is 349 g/mol. The number of rotatable bonds is 5. The summed E-state index contributed by atoms with van der Waals surface area (Å²) in [6.07, 6.45) is 0.0952. The number of aromatic nitrogens is 2. The number of aromatic amines is 1. The van der Waals surface area contributed by atoms with Gasteiger partial charge in [0.1, 0.15) is 5.82 Å². The molecular formula is C20H20FN3O3. The quantitative estimate of drug-likeness (QED) is 0.751. The molecule has 3 rings (SSSR count). The second-order valence-electron chi connectivity index (χ2n) is 6.41. The lowest BCUT2D eigenvalue weighted by molar-refractivity contribution is -0.132. The van der Waals surface area contributed by atoms with Gasteiger partial charge in [0, 0.05) is 20.0 Å². The fourth-order valence-corrected chi connectivity index (χ4v) is 3.03. The largest absolute Gasteiger partial charge is 0.339 e. The molecule has 0 aliphatic heterocycles. The Balaban J connectivity index is 1.78. The molecule has 27 heavy (non-hydrogen) atoms. The van der Waals surface area contributed by atoms with E-state index in [0.29, 0.717) is 10.9 Å². The third-order valence-corrected chi connectivity index (χ3v) is 4.78. The van der Waals surface area contributed by atoms with Gasteiger partial charge in [-0.25, -0.2) is 9.18 Å². The average Bonchev–Trinajstić information content (AvgIpc) is 2.67. The molecule has 1 amide bonds. The van der Waals surface area contributed by atoms with Crippen LogP contribution in [0, 0.1) is 5.82 Å². The number of carbonyl (C=O) groups excluding carboxylic acids is 1. The smallest absolute Gasteiger partial charge is 0.328 e. The number of halogens is 1. The van der Waals surface area contributed by atoms with Crippen LogP contribution < -0.4 is 11.2 Å². The molecule has 0 aliphatic rings. The number of nitrogens with one attached hydrogen (secondary N) is 1. The normalized spacial score (nSPS) is 12.1. The van der Waals surface area contributed by atoms with Crippen molar-refractivity contribution in [1.82, 2.24) is 14.5 Å². The highest BCUT2D eigenvalue weighted by Crippen LogP contribution is 2.20. The van der Waals surface area contributed by atoms with E-state index in [4.69, 9.17) is 0 Å². The number of aryl methyl sites for hydroxylation is 1. The first-order chi connectivity index (χ1) is 12.9. The number of H-pyrrole nitrogens is 1. The molecule has 2 aromatic carbocycles. The Hall–Kier alpha value is -3.22. The summed E-state index contributed by atoms with van der Waals surface area (Å²) in [5.41, 5.74) is 0.327. The van der Waals surface area contributed by atoms with Crippen molar-refractivity contribution < 1.29 is 9.18 Å². The standard InChI is InChI=1S/C20H20FN3O3/c1-13(14-7-9-15(21)10-8-14)23(2)18(25)11-12-24-17-6-4-3-5-16(17)19(26)22-20(24)27/h3-10,13H,11-12H2,1-2H3,(H,22,26,27)/t13-/m0/s1. The van der Waals surface area contributed by atoms with Crippen molar-refractivity contribution in [2.45, 2.75) is 25.9 Å². The van der Waals surface area contributed by atoms with E-state index < -0.39 is 11.2 Å². The molecule has 0 saturated carbocycles. The van der Waals surface area contributed by atoms with E-state index in [1.807, 2.05) is 6.92 Å². The van der Waals surface area contributed by atoms with E-state index in [9.17, 15) is 18.8 Å². The zero-order valence-electron chi connectivity index (χ0n) is 15.1. The summed E-state index contributed by atoms with van der Waals surface area (Å²) in [5, 5.41) is 0.401. The van der Waals surface area contributed by atoms with Gasteiger partial charge in [-0.3, -0.25) is 19.1 Å². The third kappa shape index (κ3) is 3.81. The maximum Gasteiger partial charge on any atom is 0.328 e. The Morgan fingerprint density at radius 3 is 2.52 bits per heavy atom. The maximum absolute atomic E-state index is 13.1. The molecule has 0 fully saturated rings. The SMILES string of the molecule is C[C@@H](c1ccc(F)cc1)N(C)C(=O)CCn1c(=O)[nH]c(=O)c2ccccc21. The summed E-state index contributed by atoms with van der Waals surface area (Å²) in [7, 11) is 1.67. The summed E-state index contributed by atoms with van der Waals surface area (Å²) in [5.74, 6) is -0.488. The summed E-state index contributed by atoms with van der Waals surface area (Å²) in [6, 6.07) is 12.5. The molecule has 1 heterocycles. The Morgan fingerprint density at radius 2 is 1.81 bits per heavy atom. The fraction of sp³-hybridized carbons (Fsp3) is 0.250. The molecule has 0 unspecified atom stereocenters. The first-order valence-corrected chi connectivity index (χ1v) is 8.61. The van der Waals surface area contributed by atoms with Crippen molar-refractivity contribution in [1.29, 1.82) is 0 Å². The predicted octanol–water partition coefficient (Wildman–Crippen LogP) is 2.44. The van der Waals surface area contributed by atoms with Crippen LogP contribution in [0.4, 0.5) is 4.39 Å². The highest BCUT2D eigenvalue weighted by molar-refractivity contribution is 5.79. The second-order valence-corrected chi connectivity index (χ2v) is 6.41. The zero-order chi connectivity index (χ0) is 19.6. The van der Waals surface area contributed by atoms with Crippen molar-refractivity contribution in [3.05, 3.63) is 80.7 Å². The highest BCUT2D eigenvalue weighted by Gasteiger charge is 2.18. The topological polar surface area (TPSA) is 75.2 Å². The van der Waals surface area contributed by atoms with Crippen LogP contribution in [0.15, 0.2) is 58.1 Å². The maximum atomic E-state index is 13.1. The lowest BCUT2D eigenvalue weighted by Gasteiger charge is -2.25. The molecule has 0 spiro atoms. The van der Waals surface area contributed by atoms with Gasteiger partial charge in [-0.15, -0.1) is 0 Å². The average molecular weight is 369 g/mol. The van der Waals surface area contributed by atoms with Gasteiger partial charge in [-0.05, 0) is 36.8 Å². The lowest BCUT2D eigenvalue weighted by Crippen LogP contribution is -2.34. The van der Waals surface area contributed by atoms with Gasteiger partial charge in [0.25, 0.3) is 5.56 Å². The predicted molar refractivity (Wildman–Crippen MR) is 101 cm³/mol. The van der Waals surface area contributed by atoms with Crippen LogP contribution in [0.1, 0.15) is 24.9 Å². The van der Waals surface area contributed by atoms with E-state index in [1.165, 1.54) is 16.7 Å². The monoisotopic (exact) mass is 369 g/mol. The summed E-state index contributed by atoms with van der Waals surface area (Å²) in [4.78, 5) is 40.5. The molecule has 1 atom stereocenters. The van der Waals surface area contributed by atoms with Gasteiger partial charge in [-0.2, -0.15) is 0 Å². The number of benzene rings is 2. The van der Waals surface area contributed by atoms with Crippen LogP contribution in [0.2, 0.25) is 0 Å². The molecule has 6 nitrogen and oxygen atoms in total. The van der Waals surface area contributed by atoms with Crippen LogP contribution in [0.25, 0.3) is 10.9 Å². The van der Waals surface area contributed by atoms with Gasteiger partial charge in [0.15, 0.2) is 0 Å². The Morgan fingerprint density at radius 1 is 1.15 bits per heavy atom. The summed E-state index contributed by atoms with van der Waals surface area (Å²) >= 11 is 0. The van der Waals surface area contributed by atoms with Crippen LogP contribution in [-0.4, -0.2) is 27.4 Å². The van der Waals surface area contributed by atoms with Crippen molar-refractivity contribution in [2.75, 3.05) is 7.05 Å². The number of fused-ring (bicyclic) bond motifs is 1. The number of amides is 1. The van der Waals surface area contributed by atoms with Gasteiger partial charge in [-0.1, -0.05) is 24.3 Å². The van der Waals surface area contributed by atoms with Crippen molar-refractivity contribution >= 4 is 16.8 Å². The minimum atomic E-state index is -0.541. The van der Waals surface area contributed by atoms with Crippen molar-refractivity contribution in [3.63, 3.8) is 0 Å². The van der Waals surface area contributed by atoms with Gasteiger partial charge in [0.2, 0.25) is 5.91 Å². The van der Waals surface area contributed by atoms with Crippen LogP contribution in [0.3, 0.4) is 0 Å². The molecule has 0 saturated heterocycles. The van der Waals surface area contributed by atoms with Gasteiger partial charge < -0.3 is 4.90 Å². The van der Waals surface area contributed by atoms with E-state index in [2.05, 4.69) is 4.98 Å². The molecule has 140 valence electrons. The van der Waals surface area contributed by atoms with E-state index in [1.54, 1.807) is 48.3 Å². The Kier molecular flexibility index (Phi) is 5.21. The molecule has 1 aromatic heterocycles. The van der Waals surface area contributed by atoms with Crippen LogP contribution >= 0.6 is 0 Å². The summed E-state index contributed by atoms with van der Waals surface area (Å²) in [6.45, 7) is 2.00. The van der Waals surface area contributed by atoms with Crippen LogP contribution in [-0.2, 0) is 11.3 Å². The molecule has 0 bridgehead atoms. The van der Waals surface area contributed by atoms with Crippen molar-refractivity contribution in [3.8, 4) is 0 Å². The minimum Gasteiger partial charge on any atom is -0.339 e. The number of hydrogen-bond acceptors (Lipinski definition) is 3. The second kappa shape index (κ2) is 7.57. The first kappa shape index (κ1) is 18.6. The Labute approximate surface area is 154 Å². The lowest BCUT2D eigenvalue weighted by atomic mass is 10.1. The van der Waals surface area contributed by atoms with E-state index >= 15 is 0 Å². The minimum absolute atomic E-state index is 0.0952. The molecule has 0 radical (unpaired) electrons. The summed E-state index contributed by atoms with van der Waals surface area (Å²) < 4.78 is 14.5. The number of carbonyl (C=O) groups is 1. The number of para-hydroxylation sites is 1. The highest BCUT2D eigenvalue weighted by atomic mass is 19.1. The fourth-order valence-electron chi connectivity index (χ4n) is 3.03. The Bertz CT molecular complexity index is 1090. The van der Waals surface area contributed by atoms with Gasteiger partial charge >= 0.3 is 5.69 Å². The molecule has 7 heteroatoms. The van der Waals surface area contributed by atoms with E-state index in [-0.39, 0.29) is 30.7 Å². The molecule has 3 aromatic rings. The first-order valence-electron chi connectivity index (χ1n) is 8.61. The van der Waals surface area contributed by atoms with E-state index in [0.717, 1.165) is 5.56 Å². The molecule has 0 aliphatic carbocycles.